The monoisotopic (exact) mass is 1120 g/mol. The third-order valence-corrected chi connectivity index (χ3v) is 16.3. The molecule has 0 aliphatic carbocycles. The Labute approximate surface area is 499 Å². The lowest BCUT2D eigenvalue weighted by Gasteiger charge is -2.20. The first-order chi connectivity index (χ1) is 39.5. The number of hydrogen-bond donors (Lipinski definition) is 3. The van der Waals surface area contributed by atoms with Gasteiger partial charge in [-0.05, 0) is 96.3 Å². The van der Waals surface area contributed by atoms with Crippen LogP contribution in [0.25, 0.3) is 0 Å². The van der Waals surface area contributed by atoms with Crippen molar-refractivity contribution in [2.45, 2.75) is 386 Å². The van der Waals surface area contributed by atoms with Crippen molar-refractivity contribution >= 4 is 11.9 Å². The van der Waals surface area contributed by atoms with E-state index in [0.717, 1.165) is 70.6 Å². The molecule has 80 heavy (non-hydrogen) atoms. The maximum absolute atomic E-state index is 12.5. The summed E-state index contributed by atoms with van der Waals surface area (Å²) in [6, 6.07) is -0.638. The molecule has 0 saturated heterocycles. The quantitative estimate of drug-likeness (QED) is 0.0320. The molecule has 0 spiro atoms. The van der Waals surface area contributed by atoms with Crippen LogP contribution in [0.5, 0.6) is 0 Å². The third-order valence-electron chi connectivity index (χ3n) is 16.3. The summed E-state index contributed by atoms with van der Waals surface area (Å²) >= 11 is 0. The van der Waals surface area contributed by atoms with E-state index in [1.54, 1.807) is 6.08 Å². The normalized spacial score (nSPS) is 12.9. The minimum Gasteiger partial charge on any atom is -0.466 e. The van der Waals surface area contributed by atoms with Crippen molar-refractivity contribution in [2.75, 3.05) is 13.2 Å². The van der Waals surface area contributed by atoms with Crippen molar-refractivity contribution in [1.82, 2.24) is 5.32 Å². The Morgan fingerprint density at radius 3 is 0.975 bits per heavy atom. The first-order valence-electron chi connectivity index (χ1n) is 35.6. The molecular weight excluding hydrogens is 983 g/mol. The van der Waals surface area contributed by atoms with E-state index in [-0.39, 0.29) is 18.5 Å². The average Bonchev–Trinajstić information content (AvgIpc) is 3.46. The van der Waals surface area contributed by atoms with Crippen LogP contribution >= 0.6 is 0 Å². The third kappa shape index (κ3) is 64.7. The van der Waals surface area contributed by atoms with E-state index >= 15 is 0 Å². The summed E-state index contributed by atoms with van der Waals surface area (Å²) in [6.45, 7) is 4.89. The van der Waals surface area contributed by atoms with Crippen LogP contribution in [0.15, 0.2) is 60.8 Å². The van der Waals surface area contributed by atoms with Crippen LogP contribution in [0, 0.1) is 0 Å². The SMILES string of the molecule is CCCCC/C=C\C/C=C\CCCCCCCCCCCC(=O)OCCCCCCCCCCC/C=C\C/C=C\CCCCCCCCCC(=O)NC(CO)C(O)/C=C/CCCCCCCCCCCCCCCCCCCCC. The molecule has 0 rings (SSSR count). The van der Waals surface area contributed by atoms with E-state index in [0.29, 0.717) is 19.4 Å². The highest BCUT2D eigenvalue weighted by Gasteiger charge is 2.18. The van der Waals surface area contributed by atoms with E-state index in [4.69, 9.17) is 4.74 Å². The van der Waals surface area contributed by atoms with Gasteiger partial charge < -0.3 is 20.3 Å². The van der Waals surface area contributed by atoms with Gasteiger partial charge in [0.25, 0.3) is 0 Å². The fraction of sp³-hybridized carbons (Fsp3) is 0.838. The van der Waals surface area contributed by atoms with Crippen LogP contribution in [0.1, 0.15) is 373 Å². The van der Waals surface area contributed by atoms with Gasteiger partial charge in [-0.3, -0.25) is 9.59 Å². The highest BCUT2D eigenvalue weighted by molar-refractivity contribution is 5.76. The summed E-state index contributed by atoms with van der Waals surface area (Å²) in [5.41, 5.74) is 0. The van der Waals surface area contributed by atoms with Gasteiger partial charge in [0.15, 0.2) is 0 Å². The van der Waals surface area contributed by atoms with Crippen molar-refractivity contribution in [3.63, 3.8) is 0 Å². The Morgan fingerprint density at radius 1 is 0.350 bits per heavy atom. The van der Waals surface area contributed by atoms with Gasteiger partial charge in [-0.25, -0.2) is 0 Å². The molecule has 0 fully saturated rings. The summed E-state index contributed by atoms with van der Waals surface area (Å²) in [5.74, 6) is -0.0732. The lowest BCUT2D eigenvalue weighted by Crippen LogP contribution is -2.45. The van der Waals surface area contributed by atoms with Crippen LogP contribution < -0.4 is 5.32 Å². The van der Waals surface area contributed by atoms with Crippen LogP contribution in [0.2, 0.25) is 0 Å². The molecule has 0 heterocycles. The molecule has 0 saturated carbocycles. The highest BCUT2D eigenvalue weighted by Crippen LogP contribution is 2.18. The first kappa shape index (κ1) is 77.6. The van der Waals surface area contributed by atoms with E-state index in [2.05, 4.69) is 67.8 Å². The van der Waals surface area contributed by atoms with Crippen molar-refractivity contribution in [2.24, 2.45) is 0 Å². The van der Waals surface area contributed by atoms with Gasteiger partial charge in [-0.1, -0.05) is 325 Å². The van der Waals surface area contributed by atoms with Gasteiger partial charge in [0, 0.05) is 12.8 Å². The molecule has 2 unspecified atom stereocenters. The smallest absolute Gasteiger partial charge is 0.305 e. The molecule has 468 valence electrons. The Hall–Kier alpha value is -2.44. The fourth-order valence-corrected chi connectivity index (χ4v) is 10.8. The summed E-state index contributed by atoms with van der Waals surface area (Å²) in [6.07, 6.45) is 91.5. The van der Waals surface area contributed by atoms with Crippen LogP contribution in [-0.4, -0.2) is 47.4 Å². The van der Waals surface area contributed by atoms with E-state index in [9.17, 15) is 19.8 Å². The molecule has 0 aromatic rings. The number of esters is 1. The molecule has 0 bridgehead atoms. The largest absolute Gasteiger partial charge is 0.466 e. The second-order valence-electron chi connectivity index (χ2n) is 24.2. The molecule has 0 aromatic carbocycles. The second kappa shape index (κ2) is 69.1. The lowest BCUT2D eigenvalue weighted by atomic mass is 10.0. The van der Waals surface area contributed by atoms with Gasteiger partial charge in [0.05, 0.1) is 25.4 Å². The molecule has 6 nitrogen and oxygen atoms in total. The van der Waals surface area contributed by atoms with Crippen LogP contribution in [0.4, 0.5) is 0 Å². The number of allylic oxidation sites excluding steroid dienone is 9. The molecule has 0 aliphatic rings. The predicted octanol–water partition coefficient (Wildman–Crippen LogP) is 23.0. The number of amides is 1. The topological polar surface area (TPSA) is 95.9 Å². The molecule has 6 heteroatoms. The molecule has 1 amide bonds. The number of carbonyl (C=O) groups excluding carboxylic acids is 2. The van der Waals surface area contributed by atoms with Gasteiger partial charge in [0.1, 0.15) is 0 Å². The zero-order valence-electron chi connectivity index (χ0n) is 53.6. The van der Waals surface area contributed by atoms with Gasteiger partial charge in [0.2, 0.25) is 5.91 Å². The van der Waals surface area contributed by atoms with E-state index in [1.165, 1.54) is 276 Å². The zero-order chi connectivity index (χ0) is 57.8. The number of hydrogen-bond acceptors (Lipinski definition) is 5. The first-order valence-corrected chi connectivity index (χ1v) is 35.6. The molecule has 3 N–H and O–H groups in total. The number of rotatable bonds is 66. The van der Waals surface area contributed by atoms with Gasteiger partial charge in [-0.15, -0.1) is 0 Å². The van der Waals surface area contributed by atoms with Crippen molar-refractivity contribution < 1.29 is 24.5 Å². The van der Waals surface area contributed by atoms with Crippen molar-refractivity contribution in [3.05, 3.63) is 60.8 Å². The molecule has 0 radical (unpaired) electrons. The second-order valence-corrected chi connectivity index (χ2v) is 24.2. The molecular formula is C74H137NO5. The fourth-order valence-electron chi connectivity index (χ4n) is 10.8. The number of carbonyl (C=O) groups is 2. The van der Waals surface area contributed by atoms with E-state index < -0.39 is 12.1 Å². The Bertz CT molecular complexity index is 1380. The Balaban J connectivity index is 3.47. The zero-order valence-corrected chi connectivity index (χ0v) is 53.6. The van der Waals surface area contributed by atoms with E-state index in [1.807, 2.05) is 6.08 Å². The summed E-state index contributed by atoms with van der Waals surface area (Å²) in [4.78, 5) is 24.6. The number of nitrogens with one attached hydrogen (secondary N) is 1. The lowest BCUT2D eigenvalue weighted by molar-refractivity contribution is -0.143. The van der Waals surface area contributed by atoms with Gasteiger partial charge in [-0.2, -0.15) is 0 Å². The number of aliphatic hydroxyl groups is 2. The maximum Gasteiger partial charge on any atom is 0.305 e. The number of aliphatic hydroxyl groups excluding tert-OH is 2. The average molecular weight is 1120 g/mol. The Kier molecular flexibility index (Phi) is 66.9. The standard InChI is InChI=1S/C74H137NO5/c1-3-5-7-9-11-13-15-17-19-21-23-27-31-34-38-42-46-50-54-58-62-66-72(77)71(70-76)75-73(78)67-63-59-55-51-47-43-39-35-32-28-25-24-26-29-33-37-41-45-49-53-57-61-65-69-80-74(79)68-64-60-56-52-48-44-40-36-30-22-20-18-16-14-12-10-8-6-4-2/h12,14,18,20,24,26,28,32,62,66,71-72,76-77H,3-11,13,15-17,19,21-23,25,27,29-31,33-61,63-65,67-70H2,1-2H3,(H,75,78)/b14-12-,20-18-,26-24-,32-28-,66-62+. The molecule has 0 aliphatic heterocycles. The number of unbranched alkanes of at least 4 members (excludes halogenated alkanes) is 47. The minimum absolute atomic E-state index is 0.00278. The van der Waals surface area contributed by atoms with Crippen LogP contribution in [-0.2, 0) is 14.3 Å². The van der Waals surface area contributed by atoms with Crippen molar-refractivity contribution in [3.8, 4) is 0 Å². The summed E-state index contributed by atoms with van der Waals surface area (Å²) < 4.78 is 5.50. The maximum atomic E-state index is 12.5. The summed E-state index contributed by atoms with van der Waals surface area (Å²) in [7, 11) is 0. The molecule has 2 atom stereocenters. The number of ether oxygens (including phenoxy) is 1. The van der Waals surface area contributed by atoms with Gasteiger partial charge >= 0.3 is 5.97 Å². The Morgan fingerprint density at radius 2 is 0.625 bits per heavy atom. The van der Waals surface area contributed by atoms with Crippen LogP contribution in [0.3, 0.4) is 0 Å². The molecule has 0 aromatic heterocycles. The highest BCUT2D eigenvalue weighted by atomic mass is 16.5. The summed E-state index contributed by atoms with van der Waals surface area (Å²) in [5, 5.41) is 23.2. The predicted molar refractivity (Wildman–Crippen MR) is 352 cm³/mol. The van der Waals surface area contributed by atoms with Crippen molar-refractivity contribution in [1.29, 1.82) is 0 Å². The minimum atomic E-state index is -0.854.